The number of fused-ring (bicyclic) bond motifs is 1. The highest BCUT2D eigenvalue weighted by atomic mass is 16.5. The molecule has 0 aliphatic carbocycles. The van der Waals surface area contributed by atoms with E-state index in [-0.39, 0.29) is 5.60 Å². The molecule has 2 N–H and O–H groups in total. The second-order valence-corrected chi connectivity index (χ2v) is 7.33. The first kappa shape index (κ1) is 16.7. The van der Waals surface area contributed by atoms with E-state index in [0.717, 1.165) is 24.5 Å². The van der Waals surface area contributed by atoms with E-state index >= 15 is 0 Å². The molecular weight excluding hydrogens is 272 g/mol. The van der Waals surface area contributed by atoms with Gasteiger partial charge in [0.25, 0.3) is 0 Å². The van der Waals surface area contributed by atoms with Crippen LogP contribution in [0.3, 0.4) is 0 Å². The number of nitrogens with one attached hydrogen (secondary N) is 2. The monoisotopic (exact) mass is 302 g/mol. The van der Waals surface area contributed by atoms with Crippen molar-refractivity contribution in [3.63, 3.8) is 0 Å². The van der Waals surface area contributed by atoms with Crippen molar-refractivity contribution in [2.24, 2.45) is 0 Å². The quantitative estimate of drug-likeness (QED) is 0.866. The Labute approximate surface area is 135 Å². The van der Waals surface area contributed by atoms with Crippen molar-refractivity contribution in [2.45, 2.75) is 73.1 Å². The summed E-state index contributed by atoms with van der Waals surface area (Å²) in [6, 6.07) is 0.387. The van der Waals surface area contributed by atoms with E-state index in [2.05, 4.69) is 65.7 Å². The highest BCUT2D eigenvalue weighted by molar-refractivity contribution is 5.57. The maximum Gasteiger partial charge on any atom is 0.126 e. The molecule has 1 aromatic carbocycles. The normalized spacial score (nSPS) is 15.5. The standard InChI is InChI=1S/C19H30N2O/c1-11(2)21-15(6)20-10-17-12(3)13(4)18-16(14(17)5)9-19(7,8)22-18/h11,20-21H,6,9-10H2,1-5,7-8H3. The fourth-order valence-corrected chi connectivity index (χ4v) is 3.21. The third-order valence-electron chi connectivity index (χ3n) is 4.46. The van der Waals surface area contributed by atoms with Crippen molar-refractivity contribution in [2.75, 3.05) is 0 Å². The molecule has 0 bridgehead atoms. The first-order valence-corrected chi connectivity index (χ1v) is 8.12. The predicted molar refractivity (Wildman–Crippen MR) is 93.3 cm³/mol. The van der Waals surface area contributed by atoms with E-state index in [1.54, 1.807) is 0 Å². The number of rotatable bonds is 5. The van der Waals surface area contributed by atoms with Gasteiger partial charge in [-0.05, 0) is 70.7 Å². The summed E-state index contributed by atoms with van der Waals surface area (Å²) >= 11 is 0. The zero-order valence-corrected chi connectivity index (χ0v) is 15.1. The molecule has 0 radical (unpaired) electrons. The topological polar surface area (TPSA) is 33.3 Å². The molecule has 0 unspecified atom stereocenters. The highest BCUT2D eigenvalue weighted by Crippen LogP contribution is 2.42. The van der Waals surface area contributed by atoms with Gasteiger partial charge in [-0.25, -0.2) is 0 Å². The van der Waals surface area contributed by atoms with Gasteiger partial charge in [0.15, 0.2) is 0 Å². The third kappa shape index (κ3) is 3.23. The molecule has 1 aromatic rings. The van der Waals surface area contributed by atoms with Crippen molar-refractivity contribution >= 4 is 0 Å². The Balaban J connectivity index is 2.27. The van der Waals surface area contributed by atoms with Crippen LogP contribution in [0.1, 0.15) is 55.5 Å². The van der Waals surface area contributed by atoms with E-state index in [1.165, 1.54) is 27.8 Å². The summed E-state index contributed by atoms with van der Waals surface area (Å²) < 4.78 is 6.17. The summed E-state index contributed by atoms with van der Waals surface area (Å²) in [5.41, 5.74) is 6.58. The molecule has 0 amide bonds. The van der Waals surface area contributed by atoms with Gasteiger partial charge in [0.1, 0.15) is 11.4 Å². The first-order valence-electron chi connectivity index (χ1n) is 8.12. The summed E-state index contributed by atoms with van der Waals surface area (Å²) in [6.45, 7) is 20.0. The number of hydrogen-bond donors (Lipinski definition) is 2. The Hall–Kier alpha value is -1.64. The second-order valence-electron chi connectivity index (χ2n) is 7.33. The van der Waals surface area contributed by atoms with E-state index in [4.69, 9.17) is 4.74 Å². The van der Waals surface area contributed by atoms with Crippen LogP contribution < -0.4 is 15.4 Å². The lowest BCUT2D eigenvalue weighted by molar-refractivity contribution is 0.137. The molecule has 0 saturated carbocycles. The van der Waals surface area contributed by atoms with Gasteiger partial charge in [-0.15, -0.1) is 0 Å². The molecule has 0 spiro atoms. The number of benzene rings is 1. The molecule has 0 saturated heterocycles. The molecule has 122 valence electrons. The van der Waals surface area contributed by atoms with E-state index < -0.39 is 0 Å². The smallest absolute Gasteiger partial charge is 0.126 e. The summed E-state index contributed by atoms with van der Waals surface area (Å²) in [5, 5.41) is 6.71. The van der Waals surface area contributed by atoms with E-state index in [9.17, 15) is 0 Å². The molecule has 3 nitrogen and oxygen atoms in total. The Morgan fingerprint density at radius 1 is 1.18 bits per heavy atom. The maximum absolute atomic E-state index is 6.17. The van der Waals surface area contributed by atoms with Gasteiger partial charge in [0.2, 0.25) is 0 Å². The molecule has 1 aliphatic heterocycles. The summed E-state index contributed by atoms with van der Waals surface area (Å²) in [5.74, 6) is 1.98. The average Bonchev–Trinajstić information content (AvgIpc) is 2.71. The van der Waals surface area contributed by atoms with Crippen molar-refractivity contribution in [3.8, 4) is 5.75 Å². The lowest BCUT2D eigenvalue weighted by Crippen LogP contribution is -2.30. The van der Waals surface area contributed by atoms with Crippen LogP contribution in [-0.2, 0) is 13.0 Å². The fourth-order valence-electron chi connectivity index (χ4n) is 3.21. The van der Waals surface area contributed by atoms with Gasteiger partial charge in [-0.3, -0.25) is 0 Å². The van der Waals surface area contributed by atoms with Crippen LogP contribution in [0.15, 0.2) is 12.4 Å². The second kappa shape index (κ2) is 5.86. The Bertz CT molecular complexity index is 600. The average molecular weight is 302 g/mol. The minimum absolute atomic E-state index is 0.0981. The van der Waals surface area contributed by atoms with Crippen molar-refractivity contribution in [1.29, 1.82) is 0 Å². The van der Waals surface area contributed by atoms with Crippen molar-refractivity contribution in [3.05, 3.63) is 40.2 Å². The molecule has 0 atom stereocenters. The van der Waals surface area contributed by atoms with Gasteiger partial charge in [0, 0.05) is 24.6 Å². The van der Waals surface area contributed by atoms with Crippen LogP contribution in [0, 0.1) is 20.8 Å². The predicted octanol–water partition coefficient (Wildman–Crippen LogP) is 3.88. The molecule has 22 heavy (non-hydrogen) atoms. The Morgan fingerprint density at radius 2 is 1.82 bits per heavy atom. The van der Waals surface area contributed by atoms with Crippen LogP contribution >= 0.6 is 0 Å². The number of hydrogen-bond acceptors (Lipinski definition) is 3. The van der Waals surface area contributed by atoms with Crippen LogP contribution in [0.2, 0.25) is 0 Å². The lowest BCUT2D eigenvalue weighted by Gasteiger charge is -2.20. The van der Waals surface area contributed by atoms with Gasteiger partial charge >= 0.3 is 0 Å². The zero-order chi connectivity index (χ0) is 16.7. The van der Waals surface area contributed by atoms with Crippen LogP contribution in [-0.4, -0.2) is 11.6 Å². The van der Waals surface area contributed by atoms with Crippen LogP contribution in [0.4, 0.5) is 0 Å². The highest BCUT2D eigenvalue weighted by Gasteiger charge is 2.34. The molecule has 0 fully saturated rings. The van der Waals surface area contributed by atoms with E-state index in [0.29, 0.717) is 6.04 Å². The minimum Gasteiger partial charge on any atom is -0.487 e. The first-order chi connectivity index (χ1) is 10.1. The zero-order valence-electron chi connectivity index (χ0n) is 15.1. The molecule has 3 heteroatoms. The van der Waals surface area contributed by atoms with Crippen molar-refractivity contribution in [1.82, 2.24) is 10.6 Å². The molecule has 2 rings (SSSR count). The Morgan fingerprint density at radius 3 is 2.41 bits per heavy atom. The number of ether oxygens (including phenoxy) is 1. The lowest BCUT2D eigenvalue weighted by atomic mass is 9.89. The largest absolute Gasteiger partial charge is 0.487 e. The molecule has 0 aromatic heterocycles. The maximum atomic E-state index is 6.17. The van der Waals surface area contributed by atoms with Crippen LogP contribution in [0.5, 0.6) is 5.75 Å². The summed E-state index contributed by atoms with van der Waals surface area (Å²) in [7, 11) is 0. The van der Waals surface area contributed by atoms with E-state index in [1.807, 2.05) is 0 Å². The van der Waals surface area contributed by atoms with Gasteiger partial charge < -0.3 is 15.4 Å². The van der Waals surface area contributed by atoms with Gasteiger partial charge in [-0.2, -0.15) is 0 Å². The summed E-state index contributed by atoms with van der Waals surface area (Å²) in [4.78, 5) is 0. The fraction of sp³-hybridized carbons (Fsp3) is 0.579. The molecule has 1 heterocycles. The third-order valence-corrected chi connectivity index (χ3v) is 4.46. The summed E-state index contributed by atoms with van der Waals surface area (Å²) in [6.07, 6.45) is 0.980. The van der Waals surface area contributed by atoms with Crippen molar-refractivity contribution < 1.29 is 4.74 Å². The Kier molecular flexibility index (Phi) is 4.46. The van der Waals surface area contributed by atoms with Crippen LogP contribution in [0.25, 0.3) is 0 Å². The SMILES string of the molecule is C=C(NCc1c(C)c(C)c2c(c1C)CC(C)(C)O2)NC(C)C. The molecule has 1 aliphatic rings. The van der Waals surface area contributed by atoms with Gasteiger partial charge in [-0.1, -0.05) is 6.58 Å². The van der Waals surface area contributed by atoms with Gasteiger partial charge in [0.05, 0.1) is 5.82 Å². The minimum atomic E-state index is -0.0981. The molecular formula is C19H30N2O.